The normalized spacial score (nSPS) is 16.0. The first-order chi connectivity index (χ1) is 14.9. The summed E-state index contributed by atoms with van der Waals surface area (Å²) in [6.45, 7) is 5.45. The van der Waals surface area contributed by atoms with Crippen LogP contribution in [0.1, 0.15) is 36.8 Å². The van der Waals surface area contributed by atoms with Gasteiger partial charge in [0.25, 0.3) is 5.91 Å². The van der Waals surface area contributed by atoms with E-state index in [0.717, 1.165) is 48.4 Å². The van der Waals surface area contributed by atoms with Crippen molar-refractivity contribution in [2.75, 3.05) is 32.1 Å². The molecule has 1 heterocycles. The number of hydrogen-bond donors (Lipinski definition) is 1. The number of rotatable bonds is 8. The minimum absolute atomic E-state index is 0.000536. The Balaban J connectivity index is 1.43. The zero-order valence-electron chi connectivity index (χ0n) is 18.6. The summed E-state index contributed by atoms with van der Waals surface area (Å²) in [7, 11) is 1.62. The number of carbonyl (C=O) groups is 2. The Kier molecular flexibility index (Phi) is 7.93. The second kappa shape index (κ2) is 10.8. The summed E-state index contributed by atoms with van der Waals surface area (Å²) in [5.41, 5.74) is 2.93. The average molecular weight is 425 g/mol. The number of amides is 2. The van der Waals surface area contributed by atoms with Gasteiger partial charge in [0.15, 0.2) is 6.61 Å². The second-order valence-electron chi connectivity index (χ2n) is 8.22. The maximum atomic E-state index is 12.6. The molecule has 2 aromatic carbocycles. The lowest BCUT2D eigenvalue weighted by molar-refractivity contribution is -0.135. The van der Waals surface area contributed by atoms with Crippen molar-refractivity contribution in [1.82, 2.24) is 4.90 Å². The molecule has 1 saturated heterocycles. The zero-order valence-corrected chi connectivity index (χ0v) is 18.6. The van der Waals surface area contributed by atoms with E-state index < -0.39 is 0 Å². The number of likely N-dealkylation sites (tertiary alicyclic amines) is 1. The van der Waals surface area contributed by atoms with E-state index in [4.69, 9.17) is 9.47 Å². The van der Waals surface area contributed by atoms with Crippen molar-refractivity contribution in [3.63, 3.8) is 0 Å². The number of methoxy groups -OCH3 is 1. The number of benzene rings is 2. The fourth-order valence-electron chi connectivity index (χ4n) is 3.85. The Morgan fingerprint density at radius 1 is 1.10 bits per heavy atom. The van der Waals surface area contributed by atoms with Gasteiger partial charge in [0.2, 0.25) is 5.91 Å². The number of nitrogens with one attached hydrogen (secondary N) is 1. The summed E-state index contributed by atoms with van der Waals surface area (Å²) >= 11 is 0. The van der Waals surface area contributed by atoms with Gasteiger partial charge in [-0.15, -0.1) is 0 Å². The van der Waals surface area contributed by atoms with Crippen LogP contribution in [0.4, 0.5) is 5.69 Å². The summed E-state index contributed by atoms with van der Waals surface area (Å²) in [5.74, 6) is 1.81. The molecule has 2 aromatic rings. The third kappa shape index (κ3) is 6.74. The van der Waals surface area contributed by atoms with E-state index in [-0.39, 0.29) is 18.4 Å². The standard InChI is InChI=1S/C25H32N2O4/c1-18-6-9-21(10-7-18)31-17-25(29)27-14-4-5-20(16-27)8-13-24(28)26-23-12-11-22(30-3)15-19(23)2/h6-7,9-12,15,20H,4-5,8,13-14,16-17H2,1-3H3,(H,26,28)/t20-/m1/s1. The molecule has 0 spiro atoms. The molecule has 31 heavy (non-hydrogen) atoms. The van der Waals surface area contributed by atoms with Crippen molar-refractivity contribution >= 4 is 17.5 Å². The first-order valence-electron chi connectivity index (χ1n) is 10.9. The summed E-state index contributed by atoms with van der Waals surface area (Å²) in [6, 6.07) is 13.3. The smallest absolute Gasteiger partial charge is 0.260 e. The summed E-state index contributed by atoms with van der Waals surface area (Å²) in [5, 5.41) is 2.98. The van der Waals surface area contributed by atoms with Gasteiger partial charge in [-0.05, 0) is 74.9 Å². The molecule has 1 fully saturated rings. The average Bonchev–Trinajstić information content (AvgIpc) is 2.78. The van der Waals surface area contributed by atoms with Crippen LogP contribution in [-0.2, 0) is 9.59 Å². The van der Waals surface area contributed by atoms with E-state index >= 15 is 0 Å². The molecule has 0 unspecified atom stereocenters. The Morgan fingerprint density at radius 3 is 2.55 bits per heavy atom. The van der Waals surface area contributed by atoms with Crippen LogP contribution in [0.5, 0.6) is 11.5 Å². The molecule has 0 saturated carbocycles. The number of carbonyl (C=O) groups excluding carboxylic acids is 2. The summed E-state index contributed by atoms with van der Waals surface area (Å²) < 4.78 is 10.8. The molecular formula is C25H32N2O4. The van der Waals surface area contributed by atoms with E-state index in [1.165, 1.54) is 0 Å². The Hall–Kier alpha value is -3.02. The van der Waals surface area contributed by atoms with Crippen molar-refractivity contribution in [3.05, 3.63) is 53.6 Å². The quantitative estimate of drug-likeness (QED) is 0.684. The molecule has 1 atom stereocenters. The lowest BCUT2D eigenvalue weighted by atomic mass is 9.93. The molecule has 0 aliphatic carbocycles. The van der Waals surface area contributed by atoms with E-state index in [9.17, 15) is 9.59 Å². The third-order valence-electron chi connectivity index (χ3n) is 5.74. The number of anilines is 1. The van der Waals surface area contributed by atoms with Gasteiger partial charge < -0.3 is 19.7 Å². The minimum atomic E-state index is -0.000536. The molecule has 1 N–H and O–H groups in total. The summed E-state index contributed by atoms with van der Waals surface area (Å²) in [4.78, 5) is 26.9. The predicted molar refractivity (Wildman–Crippen MR) is 122 cm³/mol. The monoisotopic (exact) mass is 424 g/mol. The van der Waals surface area contributed by atoms with Crippen LogP contribution in [0.15, 0.2) is 42.5 Å². The van der Waals surface area contributed by atoms with E-state index in [2.05, 4.69) is 5.32 Å². The predicted octanol–water partition coefficient (Wildman–Crippen LogP) is 4.35. The van der Waals surface area contributed by atoms with Gasteiger partial charge in [0, 0.05) is 25.2 Å². The molecule has 1 aliphatic heterocycles. The molecular weight excluding hydrogens is 392 g/mol. The van der Waals surface area contributed by atoms with Gasteiger partial charge in [0.1, 0.15) is 11.5 Å². The van der Waals surface area contributed by atoms with Crippen LogP contribution in [0.3, 0.4) is 0 Å². The maximum absolute atomic E-state index is 12.6. The Morgan fingerprint density at radius 2 is 1.84 bits per heavy atom. The number of ether oxygens (including phenoxy) is 2. The highest BCUT2D eigenvalue weighted by Gasteiger charge is 2.24. The number of hydrogen-bond acceptors (Lipinski definition) is 4. The van der Waals surface area contributed by atoms with Crippen LogP contribution < -0.4 is 14.8 Å². The lowest BCUT2D eigenvalue weighted by Gasteiger charge is -2.32. The fourth-order valence-corrected chi connectivity index (χ4v) is 3.85. The van der Waals surface area contributed by atoms with E-state index in [1.807, 2.05) is 61.2 Å². The molecule has 0 aromatic heterocycles. The Labute approximate surface area is 184 Å². The van der Waals surface area contributed by atoms with Crippen molar-refractivity contribution in [2.45, 2.75) is 39.5 Å². The SMILES string of the molecule is COc1ccc(NC(=O)CC[C@H]2CCCN(C(=O)COc3ccc(C)cc3)C2)c(C)c1. The largest absolute Gasteiger partial charge is 0.497 e. The van der Waals surface area contributed by atoms with E-state index in [0.29, 0.717) is 24.6 Å². The highest BCUT2D eigenvalue weighted by Crippen LogP contribution is 2.24. The van der Waals surface area contributed by atoms with Gasteiger partial charge in [0.05, 0.1) is 7.11 Å². The highest BCUT2D eigenvalue weighted by molar-refractivity contribution is 5.91. The molecule has 3 rings (SSSR count). The van der Waals surface area contributed by atoms with Crippen molar-refractivity contribution in [2.24, 2.45) is 5.92 Å². The van der Waals surface area contributed by atoms with E-state index in [1.54, 1.807) is 7.11 Å². The topological polar surface area (TPSA) is 67.9 Å². The van der Waals surface area contributed by atoms with Crippen LogP contribution >= 0.6 is 0 Å². The van der Waals surface area contributed by atoms with Gasteiger partial charge in [-0.3, -0.25) is 9.59 Å². The van der Waals surface area contributed by atoms with Crippen molar-refractivity contribution in [1.29, 1.82) is 0 Å². The van der Waals surface area contributed by atoms with Crippen molar-refractivity contribution in [3.8, 4) is 11.5 Å². The van der Waals surface area contributed by atoms with Crippen LogP contribution in [0.2, 0.25) is 0 Å². The molecule has 166 valence electrons. The maximum Gasteiger partial charge on any atom is 0.260 e. The number of piperidine rings is 1. The number of nitrogens with zero attached hydrogens (tertiary/aromatic N) is 1. The van der Waals surface area contributed by atoms with Gasteiger partial charge in [-0.2, -0.15) is 0 Å². The molecule has 0 radical (unpaired) electrons. The third-order valence-corrected chi connectivity index (χ3v) is 5.74. The van der Waals surface area contributed by atoms with Crippen LogP contribution in [0, 0.1) is 19.8 Å². The van der Waals surface area contributed by atoms with Gasteiger partial charge in [-0.1, -0.05) is 17.7 Å². The zero-order chi connectivity index (χ0) is 22.2. The molecule has 0 bridgehead atoms. The highest BCUT2D eigenvalue weighted by atomic mass is 16.5. The first-order valence-corrected chi connectivity index (χ1v) is 10.9. The Bertz CT molecular complexity index is 895. The molecule has 1 aliphatic rings. The van der Waals surface area contributed by atoms with Gasteiger partial charge >= 0.3 is 0 Å². The minimum Gasteiger partial charge on any atom is -0.497 e. The number of aryl methyl sites for hydroxylation is 2. The molecule has 2 amide bonds. The fraction of sp³-hybridized carbons (Fsp3) is 0.440. The molecule has 6 nitrogen and oxygen atoms in total. The van der Waals surface area contributed by atoms with Gasteiger partial charge in [-0.25, -0.2) is 0 Å². The van der Waals surface area contributed by atoms with Crippen LogP contribution in [0.25, 0.3) is 0 Å². The van der Waals surface area contributed by atoms with Crippen LogP contribution in [-0.4, -0.2) is 43.5 Å². The molecule has 6 heteroatoms. The summed E-state index contributed by atoms with van der Waals surface area (Å²) in [6.07, 6.45) is 3.21. The first kappa shape index (κ1) is 22.7. The van der Waals surface area contributed by atoms with Crippen molar-refractivity contribution < 1.29 is 19.1 Å². The lowest BCUT2D eigenvalue weighted by Crippen LogP contribution is -2.42. The second-order valence-corrected chi connectivity index (χ2v) is 8.22.